The molecule has 1 N–H and O–H groups in total. The largest absolute Gasteiger partial charge is 0.490 e. The van der Waals surface area contributed by atoms with E-state index < -0.39 is 6.10 Å². The Kier molecular flexibility index (Phi) is 2.68. The fraction of sp³-hybridized carbons (Fsp3) is 0.308. The molecule has 0 spiro atoms. The summed E-state index contributed by atoms with van der Waals surface area (Å²) in [4.78, 5) is 0. The van der Waals surface area contributed by atoms with Gasteiger partial charge in [0.2, 0.25) is 0 Å². The standard InChI is InChI=1S/C13H13NO4/c1-8-4-9(14-18-8)6-16-10-2-3-11-12(15)7-17-13(11)5-10/h2-5,12,15H,6-7H2,1H3. The van der Waals surface area contributed by atoms with E-state index in [0.717, 1.165) is 17.0 Å². The van der Waals surface area contributed by atoms with E-state index in [1.807, 2.05) is 25.1 Å². The Morgan fingerprint density at radius 2 is 2.33 bits per heavy atom. The third kappa shape index (κ3) is 2.04. The SMILES string of the molecule is Cc1cc(COc2ccc3c(c2)OCC3O)no1. The molecule has 3 rings (SSSR count). The molecule has 1 atom stereocenters. The predicted octanol–water partition coefficient (Wildman–Crippen LogP) is 1.99. The number of rotatable bonds is 3. The number of benzene rings is 1. The number of hydrogen-bond donors (Lipinski definition) is 1. The van der Waals surface area contributed by atoms with Crippen LogP contribution in [-0.4, -0.2) is 16.9 Å². The lowest BCUT2D eigenvalue weighted by Gasteiger charge is -2.06. The van der Waals surface area contributed by atoms with Crippen LogP contribution in [0.15, 0.2) is 28.8 Å². The summed E-state index contributed by atoms with van der Waals surface area (Å²) in [5, 5.41) is 13.4. The van der Waals surface area contributed by atoms with Crippen molar-refractivity contribution in [1.29, 1.82) is 0 Å². The molecule has 5 heteroatoms. The minimum Gasteiger partial charge on any atom is -0.490 e. The van der Waals surface area contributed by atoms with Crippen molar-refractivity contribution in [2.24, 2.45) is 0 Å². The number of ether oxygens (including phenoxy) is 2. The van der Waals surface area contributed by atoms with E-state index in [1.54, 1.807) is 6.07 Å². The zero-order chi connectivity index (χ0) is 12.5. The molecule has 18 heavy (non-hydrogen) atoms. The zero-order valence-corrected chi connectivity index (χ0v) is 9.92. The van der Waals surface area contributed by atoms with Gasteiger partial charge in [0.15, 0.2) is 0 Å². The van der Waals surface area contributed by atoms with Crippen LogP contribution in [0.25, 0.3) is 0 Å². The average Bonchev–Trinajstić information content (AvgIpc) is 2.94. The number of hydrogen-bond acceptors (Lipinski definition) is 5. The van der Waals surface area contributed by atoms with E-state index in [9.17, 15) is 5.11 Å². The third-order valence-electron chi connectivity index (χ3n) is 2.80. The summed E-state index contributed by atoms with van der Waals surface area (Å²) >= 11 is 0. The van der Waals surface area contributed by atoms with Crippen LogP contribution in [0.3, 0.4) is 0 Å². The molecule has 2 heterocycles. The molecule has 0 saturated carbocycles. The average molecular weight is 247 g/mol. The number of aliphatic hydroxyl groups is 1. The Morgan fingerprint density at radius 1 is 1.44 bits per heavy atom. The second-order valence-electron chi connectivity index (χ2n) is 4.24. The number of aryl methyl sites for hydroxylation is 1. The highest BCUT2D eigenvalue weighted by molar-refractivity contribution is 5.44. The second kappa shape index (κ2) is 4.34. The van der Waals surface area contributed by atoms with Crippen molar-refractivity contribution in [3.05, 3.63) is 41.3 Å². The molecule has 94 valence electrons. The van der Waals surface area contributed by atoms with Gasteiger partial charge in [-0.25, -0.2) is 0 Å². The van der Waals surface area contributed by atoms with Crippen molar-refractivity contribution in [3.8, 4) is 11.5 Å². The first-order chi connectivity index (χ1) is 8.72. The molecule has 0 bridgehead atoms. The van der Waals surface area contributed by atoms with Gasteiger partial charge in [0, 0.05) is 17.7 Å². The monoisotopic (exact) mass is 247 g/mol. The topological polar surface area (TPSA) is 64.7 Å². The number of nitrogens with zero attached hydrogens (tertiary/aromatic N) is 1. The Labute approximate surface area is 104 Å². The van der Waals surface area contributed by atoms with Crippen LogP contribution in [-0.2, 0) is 6.61 Å². The summed E-state index contributed by atoms with van der Waals surface area (Å²) in [7, 11) is 0. The van der Waals surface area contributed by atoms with Gasteiger partial charge in [0.05, 0.1) is 0 Å². The van der Waals surface area contributed by atoms with E-state index in [4.69, 9.17) is 14.0 Å². The summed E-state index contributed by atoms with van der Waals surface area (Å²) in [6.45, 7) is 2.49. The second-order valence-corrected chi connectivity index (χ2v) is 4.24. The van der Waals surface area contributed by atoms with E-state index in [2.05, 4.69) is 5.16 Å². The van der Waals surface area contributed by atoms with E-state index in [-0.39, 0.29) is 0 Å². The van der Waals surface area contributed by atoms with Gasteiger partial charge in [-0.15, -0.1) is 0 Å². The number of aliphatic hydroxyl groups excluding tert-OH is 1. The van der Waals surface area contributed by atoms with Gasteiger partial charge in [0.25, 0.3) is 0 Å². The van der Waals surface area contributed by atoms with Crippen molar-refractivity contribution >= 4 is 0 Å². The molecule has 2 aromatic rings. The van der Waals surface area contributed by atoms with Crippen LogP contribution >= 0.6 is 0 Å². The quantitative estimate of drug-likeness (QED) is 0.898. The first-order valence-electron chi connectivity index (χ1n) is 5.72. The molecular formula is C13H13NO4. The third-order valence-corrected chi connectivity index (χ3v) is 2.80. The van der Waals surface area contributed by atoms with E-state index >= 15 is 0 Å². The molecule has 1 aliphatic rings. The zero-order valence-electron chi connectivity index (χ0n) is 9.92. The van der Waals surface area contributed by atoms with Crippen LogP contribution in [0.5, 0.6) is 11.5 Å². The Bertz CT molecular complexity index is 564. The van der Waals surface area contributed by atoms with Gasteiger partial charge >= 0.3 is 0 Å². The molecule has 0 aliphatic carbocycles. The number of fused-ring (bicyclic) bond motifs is 1. The predicted molar refractivity (Wildman–Crippen MR) is 62.5 cm³/mol. The molecule has 0 amide bonds. The van der Waals surface area contributed by atoms with Crippen molar-refractivity contribution < 1.29 is 19.1 Å². The van der Waals surface area contributed by atoms with Crippen LogP contribution in [0.1, 0.15) is 23.1 Å². The molecule has 1 aliphatic heterocycles. The maximum atomic E-state index is 9.59. The normalized spacial score (nSPS) is 17.3. The van der Waals surface area contributed by atoms with Crippen molar-refractivity contribution in [1.82, 2.24) is 5.16 Å². The molecule has 1 unspecified atom stereocenters. The summed E-state index contributed by atoms with van der Waals surface area (Å²) in [6.07, 6.45) is -0.535. The molecular weight excluding hydrogens is 234 g/mol. The lowest BCUT2D eigenvalue weighted by atomic mass is 10.1. The lowest BCUT2D eigenvalue weighted by Crippen LogP contribution is -1.97. The van der Waals surface area contributed by atoms with Gasteiger partial charge in [-0.05, 0) is 19.1 Å². The van der Waals surface area contributed by atoms with Crippen molar-refractivity contribution in [2.75, 3.05) is 6.61 Å². The number of aromatic nitrogens is 1. The van der Waals surface area contributed by atoms with Crippen LogP contribution in [0.2, 0.25) is 0 Å². The van der Waals surface area contributed by atoms with Gasteiger partial charge in [-0.1, -0.05) is 5.16 Å². The summed E-state index contributed by atoms with van der Waals surface area (Å²) in [5.74, 6) is 2.12. The summed E-state index contributed by atoms with van der Waals surface area (Å²) in [6, 6.07) is 7.23. The van der Waals surface area contributed by atoms with Crippen LogP contribution in [0.4, 0.5) is 0 Å². The first kappa shape index (κ1) is 11.1. The van der Waals surface area contributed by atoms with E-state index in [1.165, 1.54) is 0 Å². The summed E-state index contributed by atoms with van der Waals surface area (Å²) < 4.78 is 15.9. The molecule has 0 saturated heterocycles. The fourth-order valence-corrected chi connectivity index (χ4v) is 1.91. The smallest absolute Gasteiger partial charge is 0.134 e. The van der Waals surface area contributed by atoms with Crippen LogP contribution in [0, 0.1) is 6.92 Å². The maximum absolute atomic E-state index is 9.59. The highest BCUT2D eigenvalue weighted by atomic mass is 16.5. The van der Waals surface area contributed by atoms with Crippen molar-refractivity contribution in [2.45, 2.75) is 19.6 Å². The molecule has 5 nitrogen and oxygen atoms in total. The highest BCUT2D eigenvalue weighted by Crippen LogP contribution is 2.35. The van der Waals surface area contributed by atoms with Gasteiger partial charge in [-0.3, -0.25) is 0 Å². The van der Waals surface area contributed by atoms with Gasteiger partial charge in [-0.2, -0.15) is 0 Å². The molecule has 0 radical (unpaired) electrons. The Balaban J connectivity index is 1.70. The summed E-state index contributed by atoms with van der Waals surface area (Å²) in [5.41, 5.74) is 1.55. The Hall–Kier alpha value is -2.01. The molecule has 1 aromatic heterocycles. The fourth-order valence-electron chi connectivity index (χ4n) is 1.91. The maximum Gasteiger partial charge on any atom is 0.134 e. The molecule has 1 aromatic carbocycles. The van der Waals surface area contributed by atoms with Gasteiger partial charge < -0.3 is 19.1 Å². The first-order valence-corrected chi connectivity index (χ1v) is 5.72. The van der Waals surface area contributed by atoms with E-state index in [0.29, 0.717) is 24.7 Å². The minimum absolute atomic E-state index is 0.307. The van der Waals surface area contributed by atoms with Gasteiger partial charge in [0.1, 0.15) is 42.3 Å². The minimum atomic E-state index is -0.535. The lowest BCUT2D eigenvalue weighted by molar-refractivity contribution is 0.140. The molecule has 0 fully saturated rings. The Morgan fingerprint density at radius 3 is 3.11 bits per heavy atom. The van der Waals surface area contributed by atoms with Crippen LogP contribution < -0.4 is 9.47 Å². The van der Waals surface area contributed by atoms with Crippen molar-refractivity contribution in [3.63, 3.8) is 0 Å². The highest BCUT2D eigenvalue weighted by Gasteiger charge is 2.22.